The van der Waals surface area contributed by atoms with Crippen LogP contribution in [0.1, 0.15) is 58.6 Å². The van der Waals surface area contributed by atoms with Crippen LogP contribution in [-0.4, -0.2) is 49.2 Å². The number of likely N-dealkylation sites (tertiary alicyclic amines) is 1. The number of ether oxygens (including phenoxy) is 1. The lowest BCUT2D eigenvalue weighted by molar-refractivity contribution is 0.0694. The highest BCUT2D eigenvalue weighted by Gasteiger charge is 2.34. The number of nitrogens with one attached hydrogen (secondary N) is 2. The smallest absolute Gasteiger partial charge is 0.191 e. The van der Waals surface area contributed by atoms with Gasteiger partial charge in [0.25, 0.3) is 0 Å². The second-order valence-corrected chi connectivity index (χ2v) is 8.42. The summed E-state index contributed by atoms with van der Waals surface area (Å²) < 4.78 is 6.16. The molecule has 0 radical (unpaired) electrons. The van der Waals surface area contributed by atoms with Crippen molar-refractivity contribution in [3.05, 3.63) is 29.8 Å². The van der Waals surface area contributed by atoms with Gasteiger partial charge in [0.15, 0.2) is 5.96 Å². The van der Waals surface area contributed by atoms with Crippen molar-refractivity contribution in [1.82, 2.24) is 15.5 Å². The number of aliphatic imine (C=N–C) groups is 1. The number of hydrogen-bond acceptors (Lipinski definition) is 3. The van der Waals surface area contributed by atoms with E-state index in [1.54, 1.807) is 0 Å². The summed E-state index contributed by atoms with van der Waals surface area (Å²) in [4.78, 5) is 7.49. The zero-order chi connectivity index (χ0) is 19.3. The van der Waals surface area contributed by atoms with Gasteiger partial charge in [0.1, 0.15) is 11.4 Å². The topological polar surface area (TPSA) is 48.9 Å². The Hall–Kier alpha value is -1.02. The number of hydrogen-bond donors (Lipinski definition) is 2. The summed E-state index contributed by atoms with van der Waals surface area (Å²) in [5.74, 6) is 2.56. The van der Waals surface area contributed by atoms with Crippen molar-refractivity contribution < 1.29 is 4.74 Å². The minimum Gasteiger partial charge on any atom is -0.487 e. The molecule has 158 valence electrons. The van der Waals surface area contributed by atoms with Gasteiger partial charge < -0.3 is 20.3 Å². The molecule has 2 atom stereocenters. The maximum absolute atomic E-state index is 6.16. The summed E-state index contributed by atoms with van der Waals surface area (Å²) in [6.07, 6.45) is 3.49. The average molecular weight is 500 g/mol. The second kappa shape index (κ2) is 10.7. The highest BCUT2D eigenvalue weighted by Crippen LogP contribution is 2.39. The van der Waals surface area contributed by atoms with Gasteiger partial charge in [-0.25, -0.2) is 0 Å². The van der Waals surface area contributed by atoms with Gasteiger partial charge in [0, 0.05) is 31.6 Å². The van der Waals surface area contributed by atoms with Crippen LogP contribution < -0.4 is 15.4 Å². The van der Waals surface area contributed by atoms with Crippen molar-refractivity contribution in [2.45, 2.75) is 58.6 Å². The zero-order valence-corrected chi connectivity index (χ0v) is 20.2. The van der Waals surface area contributed by atoms with Gasteiger partial charge in [0.05, 0.1) is 6.04 Å². The number of halogens is 1. The van der Waals surface area contributed by atoms with Crippen LogP contribution in [0.25, 0.3) is 0 Å². The van der Waals surface area contributed by atoms with E-state index in [0.29, 0.717) is 5.92 Å². The van der Waals surface area contributed by atoms with Crippen molar-refractivity contribution >= 4 is 29.9 Å². The molecule has 3 rings (SSSR count). The molecule has 0 saturated carbocycles. The first-order valence-electron chi connectivity index (χ1n) is 10.6. The molecular weight excluding hydrogens is 463 g/mol. The van der Waals surface area contributed by atoms with Crippen molar-refractivity contribution in [2.24, 2.45) is 10.9 Å². The van der Waals surface area contributed by atoms with Gasteiger partial charge in [0.2, 0.25) is 0 Å². The Morgan fingerprint density at radius 1 is 1.29 bits per heavy atom. The molecule has 0 bridgehead atoms. The Balaban J connectivity index is 0.00000280. The molecule has 2 aliphatic heterocycles. The van der Waals surface area contributed by atoms with Crippen molar-refractivity contribution in [1.29, 1.82) is 0 Å². The van der Waals surface area contributed by atoms with Crippen molar-refractivity contribution in [2.75, 3.05) is 32.7 Å². The molecule has 1 aromatic carbocycles. The first-order valence-corrected chi connectivity index (χ1v) is 10.6. The molecule has 2 heterocycles. The average Bonchev–Trinajstić information content (AvgIpc) is 2.65. The summed E-state index contributed by atoms with van der Waals surface area (Å²) >= 11 is 0. The Labute approximate surface area is 187 Å². The number of para-hydroxylation sites is 1. The Morgan fingerprint density at radius 2 is 2.07 bits per heavy atom. The van der Waals surface area contributed by atoms with Crippen LogP contribution in [0, 0.1) is 5.92 Å². The number of rotatable bonds is 5. The standard InChI is InChI=1S/C22H36N4O.HI/c1-5-23-21(24-15-17-10-9-13-26(6-2)16-17)25-19-14-22(3,4)27-20-12-8-7-11-18(19)20;/h7-8,11-12,17,19H,5-6,9-10,13-16H2,1-4H3,(H2,23,24,25);1H. The van der Waals surface area contributed by atoms with Crippen LogP contribution in [0.3, 0.4) is 0 Å². The maximum Gasteiger partial charge on any atom is 0.191 e. The van der Waals surface area contributed by atoms with Gasteiger partial charge >= 0.3 is 0 Å². The Bertz CT molecular complexity index is 649. The number of benzene rings is 1. The summed E-state index contributed by atoms with van der Waals surface area (Å²) in [6, 6.07) is 8.56. The minimum absolute atomic E-state index is 0. The quantitative estimate of drug-likeness (QED) is 0.362. The van der Waals surface area contributed by atoms with E-state index < -0.39 is 0 Å². The van der Waals surface area contributed by atoms with Crippen LogP contribution in [0.4, 0.5) is 0 Å². The maximum atomic E-state index is 6.16. The van der Waals surface area contributed by atoms with Crippen molar-refractivity contribution in [3.63, 3.8) is 0 Å². The number of nitrogens with zero attached hydrogens (tertiary/aromatic N) is 2. The van der Waals surface area contributed by atoms with Gasteiger partial charge in [-0.3, -0.25) is 4.99 Å². The summed E-state index contributed by atoms with van der Waals surface area (Å²) in [6.45, 7) is 14.0. The predicted molar refractivity (Wildman–Crippen MR) is 128 cm³/mol. The fourth-order valence-corrected chi connectivity index (χ4v) is 4.22. The van der Waals surface area contributed by atoms with Crippen LogP contribution in [-0.2, 0) is 0 Å². The summed E-state index contributed by atoms with van der Waals surface area (Å²) in [7, 11) is 0. The molecular formula is C22H37IN4O. The molecule has 0 aliphatic carbocycles. The molecule has 5 nitrogen and oxygen atoms in total. The minimum atomic E-state index is -0.186. The SMILES string of the molecule is CCNC(=NCC1CCCN(CC)C1)NC1CC(C)(C)Oc2ccccc21.I. The van der Waals surface area contributed by atoms with Crippen LogP contribution in [0.2, 0.25) is 0 Å². The molecule has 28 heavy (non-hydrogen) atoms. The zero-order valence-electron chi connectivity index (χ0n) is 17.8. The number of piperidine rings is 1. The van der Waals surface area contributed by atoms with Crippen LogP contribution in [0.15, 0.2) is 29.3 Å². The Kier molecular flexibility index (Phi) is 8.86. The molecule has 2 N–H and O–H groups in total. The molecule has 1 fully saturated rings. The molecule has 0 spiro atoms. The molecule has 6 heteroatoms. The highest BCUT2D eigenvalue weighted by molar-refractivity contribution is 14.0. The third kappa shape index (κ3) is 6.24. The lowest BCUT2D eigenvalue weighted by atomic mass is 9.90. The van der Waals surface area contributed by atoms with E-state index in [0.717, 1.165) is 37.8 Å². The van der Waals surface area contributed by atoms with E-state index in [1.807, 2.05) is 6.07 Å². The van der Waals surface area contributed by atoms with E-state index in [9.17, 15) is 0 Å². The van der Waals surface area contributed by atoms with Gasteiger partial charge in [-0.1, -0.05) is 25.1 Å². The lowest BCUT2D eigenvalue weighted by Crippen LogP contribution is -2.45. The van der Waals surface area contributed by atoms with E-state index >= 15 is 0 Å². The monoisotopic (exact) mass is 500 g/mol. The normalized spacial score (nSPS) is 24.5. The molecule has 1 aromatic rings. The molecule has 1 saturated heterocycles. The van der Waals surface area contributed by atoms with Crippen LogP contribution >= 0.6 is 24.0 Å². The summed E-state index contributed by atoms with van der Waals surface area (Å²) in [5.41, 5.74) is 1.03. The molecule has 0 amide bonds. The number of fused-ring (bicyclic) bond motifs is 1. The summed E-state index contributed by atoms with van der Waals surface area (Å²) in [5, 5.41) is 7.12. The van der Waals surface area contributed by atoms with Gasteiger partial charge in [-0.2, -0.15) is 0 Å². The van der Waals surface area contributed by atoms with E-state index in [4.69, 9.17) is 9.73 Å². The highest BCUT2D eigenvalue weighted by atomic mass is 127. The first-order chi connectivity index (χ1) is 13.0. The van der Waals surface area contributed by atoms with Gasteiger partial charge in [-0.15, -0.1) is 24.0 Å². The van der Waals surface area contributed by atoms with Crippen LogP contribution in [0.5, 0.6) is 5.75 Å². The van der Waals surface area contributed by atoms with E-state index in [-0.39, 0.29) is 35.6 Å². The molecule has 2 unspecified atom stereocenters. The van der Waals surface area contributed by atoms with E-state index in [2.05, 4.69) is 61.4 Å². The third-order valence-electron chi connectivity index (χ3n) is 5.59. The fourth-order valence-electron chi connectivity index (χ4n) is 4.22. The Morgan fingerprint density at radius 3 is 2.82 bits per heavy atom. The molecule has 2 aliphatic rings. The lowest BCUT2D eigenvalue weighted by Gasteiger charge is -2.38. The molecule has 0 aromatic heterocycles. The van der Waals surface area contributed by atoms with E-state index in [1.165, 1.54) is 31.5 Å². The fraction of sp³-hybridized carbons (Fsp3) is 0.682. The third-order valence-corrected chi connectivity index (χ3v) is 5.59. The number of guanidine groups is 1. The second-order valence-electron chi connectivity index (χ2n) is 8.42. The van der Waals surface area contributed by atoms with Crippen molar-refractivity contribution in [3.8, 4) is 5.75 Å². The first kappa shape index (κ1) is 23.3. The van der Waals surface area contributed by atoms with Gasteiger partial charge in [-0.05, 0) is 58.7 Å². The largest absolute Gasteiger partial charge is 0.487 e. The predicted octanol–water partition coefficient (Wildman–Crippen LogP) is 4.19.